The van der Waals surface area contributed by atoms with Gasteiger partial charge >= 0.3 is 19.2 Å². The van der Waals surface area contributed by atoms with E-state index in [4.69, 9.17) is 43.1 Å². The number of hydrogen-bond donors (Lipinski definition) is 3. The molecule has 7 nitrogen and oxygen atoms in total. The summed E-state index contributed by atoms with van der Waals surface area (Å²) in [6.07, 6.45) is 2.52. The Kier molecular flexibility index (Phi) is 9.16. The summed E-state index contributed by atoms with van der Waals surface area (Å²) < 4.78 is 39.8. The van der Waals surface area contributed by atoms with E-state index in [1.807, 2.05) is 5.38 Å². The normalized spacial score (nSPS) is 12.2. The Hall–Kier alpha value is -2.63. The number of aliphatic carboxylic acids is 1. The van der Waals surface area contributed by atoms with Crippen molar-refractivity contribution in [1.29, 1.82) is 0 Å². The van der Waals surface area contributed by atoms with Gasteiger partial charge in [0, 0.05) is 32.7 Å². The molecular weight excluding hydrogens is 672 g/mol. The van der Waals surface area contributed by atoms with Crippen LogP contribution in [-0.4, -0.2) is 25.8 Å². The highest BCUT2D eigenvalue weighted by Crippen LogP contribution is 2.60. The Morgan fingerprint density at radius 1 is 1.07 bits per heavy atom. The zero-order valence-corrected chi connectivity index (χ0v) is 24.8. The highest BCUT2D eigenvalue weighted by atomic mass is 79.9. The Bertz CT molecular complexity index is 1650. The fourth-order valence-electron chi connectivity index (χ4n) is 3.62. The van der Waals surface area contributed by atoms with Gasteiger partial charge in [-0.1, -0.05) is 75.5 Å². The molecule has 0 saturated heterocycles. The first-order valence-corrected chi connectivity index (χ1v) is 15.2. The molecule has 0 atom stereocenters. The molecule has 0 saturated carbocycles. The topological polar surface area (TPSA) is 111 Å². The second-order valence-electron chi connectivity index (χ2n) is 8.39. The summed E-state index contributed by atoms with van der Waals surface area (Å²) in [5, 5.41) is 11.8. The van der Waals surface area contributed by atoms with E-state index in [-0.39, 0.29) is 11.0 Å². The van der Waals surface area contributed by atoms with Gasteiger partial charge in [-0.05, 0) is 41.5 Å². The van der Waals surface area contributed by atoms with Crippen LogP contribution in [0.5, 0.6) is 0 Å². The van der Waals surface area contributed by atoms with Crippen LogP contribution in [0.1, 0.15) is 16.7 Å². The number of benzene rings is 3. The van der Waals surface area contributed by atoms with Crippen molar-refractivity contribution in [3.63, 3.8) is 0 Å². The molecule has 0 aliphatic carbocycles. The van der Waals surface area contributed by atoms with Gasteiger partial charge in [-0.3, -0.25) is 4.57 Å². The van der Waals surface area contributed by atoms with E-state index >= 15 is 0 Å². The monoisotopic (exact) mass is 688 g/mol. The number of carboxylic acid groups (broad SMARTS) is 1. The van der Waals surface area contributed by atoms with Gasteiger partial charge in [0.25, 0.3) is 0 Å². The van der Waals surface area contributed by atoms with Crippen molar-refractivity contribution in [2.24, 2.45) is 0 Å². The third-order valence-electron chi connectivity index (χ3n) is 5.63. The van der Waals surface area contributed by atoms with Crippen molar-refractivity contribution < 1.29 is 33.0 Å². The fraction of sp³-hybridized carbons (Fsp3) is 0.0769. The number of carbonyl (C=O) groups is 1. The average molecular weight is 690 g/mol. The van der Waals surface area contributed by atoms with Crippen molar-refractivity contribution in [3.8, 4) is 11.3 Å². The molecule has 3 N–H and O–H groups in total. The van der Waals surface area contributed by atoms with Crippen LogP contribution in [0.25, 0.3) is 17.3 Å². The highest BCUT2D eigenvalue weighted by Gasteiger charge is 2.51. The predicted octanol–water partition coefficient (Wildman–Crippen LogP) is 8.54. The summed E-state index contributed by atoms with van der Waals surface area (Å²) in [5.74, 6) is -1.05. The van der Waals surface area contributed by atoms with Gasteiger partial charge in [-0.25, -0.2) is 9.78 Å². The number of aromatic nitrogens is 1. The largest absolute Gasteiger partial charge is 0.478 e. The molecule has 0 bridgehead atoms. The van der Waals surface area contributed by atoms with Gasteiger partial charge in [0.05, 0.1) is 22.3 Å². The lowest BCUT2D eigenvalue weighted by atomic mass is 10.1. The molecule has 0 amide bonds. The van der Waals surface area contributed by atoms with E-state index in [9.17, 15) is 18.1 Å². The van der Waals surface area contributed by atoms with Crippen LogP contribution in [0, 0.1) is 0 Å². The first-order valence-electron chi connectivity index (χ1n) is 11.2. The zero-order chi connectivity index (χ0) is 29.2. The Balaban J connectivity index is 1.69. The molecule has 0 unspecified atom stereocenters. The van der Waals surface area contributed by atoms with Gasteiger partial charge in [-0.15, -0.1) is 11.3 Å². The SMILES string of the molecule is O=C(O)/C=C/c1ccc(-c2csc(N(Cc3ccc(C(F)(F)P(=O)(O)O)c(Br)c3)c3ccc(Cl)c(Cl)c3)n2)cc1. The summed E-state index contributed by atoms with van der Waals surface area (Å²) in [5.41, 5.74) is -1.90. The first kappa shape index (κ1) is 30.3. The second kappa shape index (κ2) is 12.1. The molecule has 0 aliphatic rings. The lowest BCUT2D eigenvalue weighted by Crippen LogP contribution is -2.18. The van der Waals surface area contributed by atoms with Crippen molar-refractivity contribution in [2.75, 3.05) is 4.90 Å². The molecule has 0 spiro atoms. The summed E-state index contributed by atoms with van der Waals surface area (Å²) in [6.45, 7) is 0.143. The van der Waals surface area contributed by atoms with Crippen LogP contribution in [0.2, 0.25) is 10.0 Å². The van der Waals surface area contributed by atoms with Gasteiger partial charge in [-0.2, -0.15) is 8.78 Å². The van der Waals surface area contributed by atoms with E-state index in [1.54, 1.807) is 47.4 Å². The molecule has 208 valence electrons. The van der Waals surface area contributed by atoms with E-state index in [2.05, 4.69) is 15.9 Å². The lowest BCUT2D eigenvalue weighted by molar-refractivity contribution is -0.131. The van der Waals surface area contributed by atoms with Crippen molar-refractivity contribution in [3.05, 3.63) is 103 Å². The maximum atomic E-state index is 14.3. The minimum atomic E-state index is -5.74. The van der Waals surface area contributed by atoms with Crippen molar-refractivity contribution in [1.82, 2.24) is 4.98 Å². The number of thiazole rings is 1. The predicted molar refractivity (Wildman–Crippen MR) is 157 cm³/mol. The maximum absolute atomic E-state index is 14.3. The highest BCUT2D eigenvalue weighted by molar-refractivity contribution is 9.10. The van der Waals surface area contributed by atoms with Crippen molar-refractivity contribution in [2.45, 2.75) is 12.2 Å². The summed E-state index contributed by atoms with van der Waals surface area (Å²) in [6, 6.07) is 15.8. The number of halogens is 5. The number of carboxylic acids is 1. The second-order valence-corrected chi connectivity index (χ2v) is 12.5. The number of anilines is 2. The molecule has 3 aromatic carbocycles. The molecule has 0 radical (unpaired) electrons. The van der Waals surface area contributed by atoms with E-state index < -0.39 is 24.8 Å². The van der Waals surface area contributed by atoms with Crippen LogP contribution >= 0.6 is 58.1 Å². The van der Waals surface area contributed by atoms with E-state index in [0.29, 0.717) is 37.7 Å². The molecule has 0 fully saturated rings. The quantitative estimate of drug-likeness (QED) is 0.119. The third kappa shape index (κ3) is 6.80. The molecule has 14 heteroatoms. The van der Waals surface area contributed by atoms with Crippen LogP contribution in [-0.2, 0) is 21.6 Å². The Labute approximate surface area is 249 Å². The van der Waals surface area contributed by atoms with E-state index in [0.717, 1.165) is 17.7 Å². The molecule has 40 heavy (non-hydrogen) atoms. The molecular formula is C26H18BrCl2F2N2O5PS. The molecule has 1 heterocycles. The number of rotatable bonds is 9. The van der Waals surface area contributed by atoms with Crippen LogP contribution in [0.4, 0.5) is 19.6 Å². The summed E-state index contributed by atoms with van der Waals surface area (Å²) >= 11 is 16.7. The average Bonchev–Trinajstić information content (AvgIpc) is 3.37. The fourth-order valence-corrected chi connectivity index (χ4v) is 6.10. The maximum Gasteiger partial charge on any atom is 0.399 e. The van der Waals surface area contributed by atoms with Gasteiger partial charge in [0.15, 0.2) is 5.13 Å². The van der Waals surface area contributed by atoms with Gasteiger partial charge in [0.2, 0.25) is 0 Å². The van der Waals surface area contributed by atoms with Crippen LogP contribution in [0.15, 0.2) is 76.6 Å². The third-order valence-corrected chi connectivity index (χ3v) is 8.86. The Morgan fingerprint density at radius 2 is 1.77 bits per heavy atom. The minimum absolute atomic E-state index is 0.143. The number of nitrogens with zero attached hydrogens (tertiary/aromatic N) is 2. The first-order chi connectivity index (χ1) is 18.8. The molecule has 1 aromatic heterocycles. The number of hydrogen-bond acceptors (Lipinski definition) is 5. The molecule has 0 aliphatic heterocycles. The van der Waals surface area contributed by atoms with Crippen molar-refractivity contribution >= 4 is 80.9 Å². The van der Waals surface area contributed by atoms with Gasteiger partial charge in [0.1, 0.15) is 0 Å². The van der Waals surface area contributed by atoms with Crippen LogP contribution < -0.4 is 4.90 Å². The standard InChI is InChI=1S/C26H18BrCl2F2N2O5PS/c27-20-11-16(3-8-19(20)26(30,31)39(36,37)38)13-33(18-7-9-21(28)22(29)12-18)25-32-23(14-40-25)17-5-1-15(2-6-17)4-10-24(34)35/h1-12,14H,13H2,(H,34,35)(H2,36,37,38)/b10-4+. The van der Waals surface area contributed by atoms with Crippen LogP contribution in [0.3, 0.4) is 0 Å². The Morgan fingerprint density at radius 3 is 2.38 bits per heavy atom. The summed E-state index contributed by atoms with van der Waals surface area (Å²) in [7, 11) is -5.74. The lowest BCUT2D eigenvalue weighted by Gasteiger charge is -2.24. The smallest absolute Gasteiger partial charge is 0.399 e. The minimum Gasteiger partial charge on any atom is -0.478 e. The number of alkyl halides is 2. The van der Waals surface area contributed by atoms with E-state index in [1.165, 1.54) is 29.5 Å². The molecule has 4 aromatic rings. The molecule has 4 rings (SSSR count). The summed E-state index contributed by atoms with van der Waals surface area (Å²) in [4.78, 5) is 35.5. The van der Waals surface area contributed by atoms with Gasteiger partial charge < -0.3 is 19.8 Å². The zero-order valence-electron chi connectivity index (χ0n) is 20.0.